The molecule has 1 saturated heterocycles. The first-order valence-corrected chi connectivity index (χ1v) is 12.4. The van der Waals surface area contributed by atoms with Gasteiger partial charge in [0.1, 0.15) is 24.1 Å². The minimum absolute atomic E-state index is 0.0866. The van der Waals surface area contributed by atoms with Gasteiger partial charge in [0.15, 0.2) is 5.54 Å². The summed E-state index contributed by atoms with van der Waals surface area (Å²) in [5, 5.41) is 5.68. The number of rotatable bonds is 8. The summed E-state index contributed by atoms with van der Waals surface area (Å²) in [5.74, 6) is 0.504. The van der Waals surface area contributed by atoms with Crippen LogP contribution in [0.2, 0.25) is 0 Å². The number of hydrogen-bond donors (Lipinski definition) is 2. The molecule has 0 radical (unpaired) electrons. The smallest absolute Gasteiger partial charge is 0.326 e. The van der Waals surface area contributed by atoms with Gasteiger partial charge < -0.3 is 20.1 Å². The van der Waals surface area contributed by atoms with E-state index in [9.17, 15) is 14.4 Å². The van der Waals surface area contributed by atoms with Gasteiger partial charge in [0, 0.05) is 24.1 Å². The van der Waals surface area contributed by atoms with E-state index in [0.29, 0.717) is 23.5 Å². The Hall–Kier alpha value is -4.33. The Morgan fingerprint density at radius 2 is 1.73 bits per heavy atom. The van der Waals surface area contributed by atoms with Crippen LogP contribution in [0.1, 0.15) is 36.1 Å². The molecule has 5 rings (SSSR count). The first-order valence-electron chi connectivity index (χ1n) is 12.4. The molecule has 8 nitrogen and oxygen atoms in total. The van der Waals surface area contributed by atoms with E-state index in [2.05, 4.69) is 10.6 Å². The van der Waals surface area contributed by atoms with Crippen molar-refractivity contribution in [2.75, 3.05) is 13.2 Å². The Labute approximate surface area is 215 Å². The molecular formula is C29H29N3O5. The van der Waals surface area contributed by atoms with E-state index in [4.69, 9.17) is 9.47 Å². The van der Waals surface area contributed by atoms with Gasteiger partial charge in [-0.2, -0.15) is 0 Å². The summed E-state index contributed by atoms with van der Waals surface area (Å²) in [7, 11) is 0. The zero-order valence-corrected chi connectivity index (χ0v) is 20.8. The van der Waals surface area contributed by atoms with E-state index in [0.717, 1.165) is 28.2 Å². The van der Waals surface area contributed by atoms with Gasteiger partial charge in [-0.25, -0.2) is 4.79 Å². The van der Waals surface area contributed by atoms with Crippen molar-refractivity contribution in [2.45, 2.75) is 38.5 Å². The fraction of sp³-hybridized carbons (Fsp3) is 0.276. The Bertz CT molecular complexity index is 1290. The lowest BCUT2D eigenvalue weighted by molar-refractivity contribution is -0.134. The Morgan fingerprint density at radius 3 is 2.35 bits per heavy atom. The average molecular weight is 500 g/mol. The van der Waals surface area contributed by atoms with Crippen molar-refractivity contribution in [3.05, 3.63) is 95.1 Å². The summed E-state index contributed by atoms with van der Waals surface area (Å²) in [4.78, 5) is 40.7. The maximum absolute atomic E-state index is 13.8. The Morgan fingerprint density at radius 1 is 1.08 bits per heavy atom. The topological polar surface area (TPSA) is 97.0 Å². The largest absolute Gasteiger partial charge is 0.494 e. The number of nitrogens with zero attached hydrogens (tertiary/aromatic N) is 1. The fourth-order valence-corrected chi connectivity index (χ4v) is 4.96. The SMILES string of the molecule is CCOc1cc2c(cc1CNC(=O)CN1C(=O)NC(c3ccccc3)(c3ccccc3)C1=O)O[C@H](C)C2. The first-order chi connectivity index (χ1) is 17.9. The van der Waals surface area contributed by atoms with Crippen LogP contribution in [0.5, 0.6) is 11.5 Å². The van der Waals surface area contributed by atoms with Crippen molar-refractivity contribution in [3.8, 4) is 11.5 Å². The van der Waals surface area contributed by atoms with Gasteiger partial charge in [0.25, 0.3) is 5.91 Å². The zero-order chi connectivity index (χ0) is 26.0. The maximum Gasteiger partial charge on any atom is 0.326 e. The predicted molar refractivity (Wildman–Crippen MR) is 137 cm³/mol. The molecule has 0 bridgehead atoms. The lowest BCUT2D eigenvalue weighted by atomic mass is 9.82. The summed E-state index contributed by atoms with van der Waals surface area (Å²) in [6, 6.07) is 21.3. The van der Waals surface area contributed by atoms with Crippen LogP contribution in [0.3, 0.4) is 0 Å². The average Bonchev–Trinajstić information content (AvgIpc) is 3.39. The molecule has 2 N–H and O–H groups in total. The number of urea groups is 1. The molecule has 0 aliphatic carbocycles. The highest BCUT2D eigenvalue weighted by atomic mass is 16.5. The molecule has 2 aliphatic heterocycles. The van der Waals surface area contributed by atoms with Gasteiger partial charge in [-0.15, -0.1) is 0 Å². The monoisotopic (exact) mass is 499 g/mol. The summed E-state index contributed by atoms with van der Waals surface area (Å²) in [5.41, 5.74) is 1.68. The van der Waals surface area contributed by atoms with Gasteiger partial charge in [-0.1, -0.05) is 60.7 Å². The number of benzene rings is 3. The molecule has 2 aliphatic rings. The van der Waals surface area contributed by atoms with Crippen molar-refractivity contribution >= 4 is 17.8 Å². The lowest BCUT2D eigenvalue weighted by Crippen LogP contribution is -2.46. The zero-order valence-electron chi connectivity index (χ0n) is 20.8. The van der Waals surface area contributed by atoms with Crippen molar-refractivity contribution in [1.82, 2.24) is 15.5 Å². The van der Waals surface area contributed by atoms with E-state index in [1.807, 2.05) is 62.4 Å². The van der Waals surface area contributed by atoms with Crippen LogP contribution in [0.25, 0.3) is 0 Å². The van der Waals surface area contributed by atoms with Crippen LogP contribution in [0.4, 0.5) is 4.79 Å². The number of ether oxygens (including phenoxy) is 2. The quantitative estimate of drug-likeness (QED) is 0.463. The molecule has 0 aromatic heterocycles. The van der Waals surface area contributed by atoms with E-state index in [1.165, 1.54) is 0 Å². The summed E-state index contributed by atoms with van der Waals surface area (Å²) < 4.78 is 11.6. The van der Waals surface area contributed by atoms with Gasteiger partial charge in [-0.3, -0.25) is 14.5 Å². The third kappa shape index (κ3) is 4.50. The van der Waals surface area contributed by atoms with Crippen LogP contribution < -0.4 is 20.1 Å². The molecule has 0 unspecified atom stereocenters. The van der Waals surface area contributed by atoms with Crippen molar-refractivity contribution in [2.24, 2.45) is 0 Å². The molecule has 2 heterocycles. The summed E-state index contributed by atoms with van der Waals surface area (Å²) in [6.07, 6.45) is 0.891. The van der Waals surface area contributed by atoms with E-state index in [1.54, 1.807) is 24.3 Å². The molecule has 0 spiro atoms. The molecule has 37 heavy (non-hydrogen) atoms. The van der Waals surface area contributed by atoms with Crippen LogP contribution in [-0.4, -0.2) is 42.0 Å². The van der Waals surface area contributed by atoms with Crippen LogP contribution in [0.15, 0.2) is 72.8 Å². The van der Waals surface area contributed by atoms with Crippen LogP contribution in [0, 0.1) is 0 Å². The minimum atomic E-state index is -1.41. The molecular weight excluding hydrogens is 470 g/mol. The third-order valence-corrected chi connectivity index (χ3v) is 6.68. The second kappa shape index (κ2) is 9.97. The molecule has 0 saturated carbocycles. The second-order valence-corrected chi connectivity index (χ2v) is 9.21. The number of nitrogens with one attached hydrogen (secondary N) is 2. The predicted octanol–water partition coefficient (Wildman–Crippen LogP) is 3.52. The lowest BCUT2D eigenvalue weighted by Gasteiger charge is -2.28. The Kier molecular flexibility index (Phi) is 6.56. The second-order valence-electron chi connectivity index (χ2n) is 9.21. The molecule has 8 heteroatoms. The third-order valence-electron chi connectivity index (χ3n) is 6.68. The highest BCUT2D eigenvalue weighted by molar-refractivity contribution is 6.11. The fourth-order valence-electron chi connectivity index (χ4n) is 4.96. The first kappa shape index (κ1) is 24.4. The number of imide groups is 1. The number of carbonyl (C=O) groups is 3. The molecule has 3 aromatic rings. The minimum Gasteiger partial charge on any atom is -0.494 e. The molecule has 4 amide bonds. The van der Waals surface area contributed by atoms with Gasteiger partial charge in [0.2, 0.25) is 5.91 Å². The van der Waals surface area contributed by atoms with Crippen molar-refractivity contribution < 1.29 is 23.9 Å². The molecule has 190 valence electrons. The summed E-state index contributed by atoms with van der Waals surface area (Å²) in [6.45, 7) is 4.16. The number of fused-ring (bicyclic) bond motifs is 1. The number of hydrogen-bond acceptors (Lipinski definition) is 5. The van der Waals surface area contributed by atoms with E-state index in [-0.39, 0.29) is 12.6 Å². The van der Waals surface area contributed by atoms with Gasteiger partial charge in [0.05, 0.1) is 6.61 Å². The van der Waals surface area contributed by atoms with E-state index < -0.39 is 29.9 Å². The normalized spacial score (nSPS) is 17.7. The highest BCUT2D eigenvalue weighted by Crippen LogP contribution is 2.37. The maximum atomic E-state index is 13.8. The molecule has 3 aromatic carbocycles. The van der Waals surface area contributed by atoms with Crippen LogP contribution in [-0.2, 0) is 28.1 Å². The highest BCUT2D eigenvalue weighted by Gasteiger charge is 2.54. The molecule has 1 atom stereocenters. The van der Waals surface area contributed by atoms with Crippen molar-refractivity contribution in [1.29, 1.82) is 0 Å². The molecule has 1 fully saturated rings. The van der Waals surface area contributed by atoms with E-state index >= 15 is 0 Å². The van der Waals surface area contributed by atoms with Crippen LogP contribution >= 0.6 is 0 Å². The number of carbonyl (C=O) groups excluding carboxylic acids is 3. The van der Waals surface area contributed by atoms with Crippen molar-refractivity contribution in [3.63, 3.8) is 0 Å². The van der Waals surface area contributed by atoms with Gasteiger partial charge in [-0.05, 0) is 37.1 Å². The summed E-state index contributed by atoms with van der Waals surface area (Å²) >= 11 is 0. The standard InChI is InChI=1S/C29H29N3O5/c1-3-36-24-15-20-14-19(2)37-25(20)16-21(24)17-30-26(33)18-32-27(34)29(31-28(32)35,22-10-6-4-7-11-22)23-12-8-5-9-13-23/h4-13,15-16,19H,3,14,17-18H2,1-2H3,(H,30,33)(H,31,35)/t19-/m1/s1. The number of amides is 4. The Balaban J connectivity index is 1.34. The van der Waals surface area contributed by atoms with Gasteiger partial charge >= 0.3 is 6.03 Å².